The molecule has 1 unspecified atom stereocenters. The molecule has 1 heterocycles. The number of nitrogens with one attached hydrogen (secondary N) is 2. The molecule has 1 fully saturated rings. The van der Waals surface area contributed by atoms with Gasteiger partial charge < -0.3 is 15.5 Å². The molecule has 1 saturated heterocycles. The minimum Gasteiger partial charge on any atom is -0.352 e. The predicted octanol–water partition coefficient (Wildman–Crippen LogP) is 2.89. The third kappa shape index (κ3) is 4.09. The van der Waals surface area contributed by atoms with Crippen molar-refractivity contribution < 1.29 is 14.4 Å². The molecule has 2 N–H and O–H groups in total. The van der Waals surface area contributed by atoms with Gasteiger partial charge in [-0.3, -0.25) is 14.4 Å². The second-order valence-electron chi connectivity index (χ2n) is 5.99. The average Bonchev–Trinajstić information content (AvgIpc) is 2.68. The summed E-state index contributed by atoms with van der Waals surface area (Å²) >= 11 is 3.46. The number of amides is 3. The van der Waals surface area contributed by atoms with Crippen LogP contribution in [0.15, 0.2) is 65.7 Å². The Hall–Kier alpha value is -2.93. The highest BCUT2D eigenvalue weighted by molar-refractivity contribution is 9.10. The minimum atomic E-state index is -0.728. The van der Waals surface area contributed by atoms with Crippen molar-refractivity contribution in [2.24, 2.45) is 0 Å². The van der Waals surface area contributed by atoms with Gasteiger partial charge in [0, 0.05) is 28.8 Å². The van der Waals surface area contributed by atoms with Crippen LogP contribution in [0.1, 0.15) is 22.0 Å². The highest BCUT2D eigenvalue weighted by Gasteiger charge is 2.35. The minimum absolute atomic E-state index is 0.224. The standard InChI is InChI=1S/C20H18BrN3O3/c1-2-17(25)23-14-7-5-6-13(12-14)20(27)24-11-10-22-19(26)18(24)15-8-3-4-9-16(15)21/h2-9,12,18H,1,10-11H2,(H,22,26)(H,23,25). The first kappa shape index (κ1) is 18.8. The molecule has 1 aliphatic rings. The molecular formula is C20H18BrN3O3. The van der Waals surface area contributed by atoms with Gasteiger partial charge in [0.05, 0.1) is 0 Å². The summed E-state index contributed by atoms with van der Waals surface area (Å²) < 4.78 is 0.761. The van der Waals surface area contributed by atoms with Gasteiger partial charge in [0.2, 0.25) is 11.8 Å². The number of anilines is 1. The first-order valence-electron chi connectivity index (χ1n) is 8.38. The fourth-order valence-corrected chi connectivity index (χ4v) is 3.48. The predicted molar refractivity (Wildman–Crippen MR) is 106 cm³/mol. The molecule has 0 bridgehead atoms. The zero-order valence-corrected chi connectivity index (χ0v) is 16.0. The molecule has 0 radical (unpaired) electrons. The summed E-state index contributed by atoms with van der Waals surface area (Å²) in [5.74, 6) is -0.860. The topological polar surface area (TPSA) is 78.5 Å². The van der Waals surface area contributed by atoms with Crippen LogP contribution in [-0.4, -0.2) is 35.7 Å². The van der Waals surface area contributed by atoms with Crippen molar-refractivity contribution in [3.05, 3.63) is 76.8 Å². The molecule has 3 amide bonds. The van der Waals surface area contributed by atoms with Crippen molar-refractivity contribution in [2.75, 3.05) is 18.4 Å². The first-order chi connectivity index (χ1) is 13.0. The second-order valence-corrected chi connectivity index (χ2v) is 6.84. The number of nitrogens with zero attached hydrogens (tertiary/aromatic N) is 1. The van der Waals surface area contributed by atoms with Crippen LogP contribution in [-0.2, 0) is 9.59 Å². The van der Waals surface area contributed by atoms with Gasteiger partial charge in [-0.1, -0.05) is 46.8 Å². The summed E-state index contributed by atoms with van der Waals surface area (Å²) in [5, 5.41) is 5.45. The molecule has 0 saturated carbocycles. The smallest absolute Gasteiger partial charge is 0.254 e. The van der Waals surface area contributed by atoms with E-state index in [0.29, 0.717) is 24.3 Å². The number of halogens is 1. The van der Waals surface area contributed by atoms with E-state index < -0.39 is 6.04 Å². The first-order valence-corrected chi connectivity index (χ1v) is 9.17. The number of carbonyl (C=O) groups excluding carboxylic acids is 3. The quantitative estimate of drug-likeness (QED) is 0.736. The van der Waals surface area contributed by atoms with E-state index in [1.165, 1.54) is 0 Å². The Kier molecular flexibility index (Phi) is 5.71. The molecule has 1 atom stereocenters. The molecule has 2 aromatic rings. The van der Waals surface area contributed by atoms with Crippen molar-refractivity contribution in [1.82, 2.24) is 10.2 Å². The van der Waals surface area contributed by atoms with Crippen LogP contribution in [0, 0.1) is 0 Å². The SMILES string of the molecule is C=CC(=O)Nc1cccc(C(=O)N2CCNC(=O)C2c2ccccc2Br)c1. The zero-order valence-electron chi connectivity index (χ0n) is 14.4. The molecule has 138 valence electrons. The van der Waals surface area contributed by atoms with E-state index in [1.807, 2.05) is 24.3 Å². The van der Waals surface area contributed by atoms with Crippen molar-refractivity contribution in [3.63, 3.8) is 0 Å². The lowest BCUT2D eigenvalue weighted by molar-refractivity contribution is -0.128. The molecule has 2 aromatic carbocycles. The van der Waals surface area contributed by atoms with Crippen LogP contribution >= 0.6 is 15.9 Å². The van der Waals surface area contributed by atoms with Gasteiger partial charge in [-0.15, -0.1) is 0 Å². The Bertz CT molecular complexity index is 913. The van der Waals surface area contributed by atoms with E-state index in [0.717, 1.165) is 16.1 Å². The molecule has 0 aliphatic carbocycles. The highest BCUT2D eigenvalue weighted by atomic mass is 79.9. The maximum atomic E-state index is 13.1. The van der Waals surface area contributed by atoms with Crippen LogP contribution in [0.4, 0.5) is 5.69 Å². The van der Waals surface area contributed by atoms with E-state index in [2.05, 4.69) is 33.1 Å². The molecule has 0 spiro atoms. The molecule has 7 heteroatoms. The van der Waals surface area contributed by atoms with Crippen molar-refractivity contribution in [2.45, 2.75) is 6.04 Å². The lowest BCUT2D eigenvalue weighted by Crippen LogP contribution is -2.52. The van der Waals surface area contributed by atoms with Crippen molar-refractivity contribution >= 4 is 39.3 Å². The lowest BCUT2D eigenvalue weighted by atomic mass is 10.0. The van der Waals surface area contributed by atoms with Gasteiger partial charge in [0.25, 0.3) is 5.91 Å². The van der Waals surface area contributed by atoms with Crippen molar-refractivity contribution in [3.8, 4) is 0 Å². The van der Waals surface area contributed by atoms with Gasteiger partial charge in [0.15, 0.2) is 0 Å². The van der Waals surface area contributed by atoms with E-state index in [4.69, 9.17) is 0 Å². The van der Waals surface area contributed by atoms with Gasteiger partial charge >= 0.3 is 0 Å². The van der Waals surface area contributed by atoms with Gasteiger partial charge in [-0.05, 0) is 35.9 Å². The van der Waals surface area contributed by atoms with Crippen molar-refractivity contribution in [1.29, 1.82) is 0 Å². The summed E-state index contributed by atoms with van der Waals surface area (Å²) in [4.78, 5) is 38.7. The molecular weight excluding hydrogens is 410 g/mol. The number of carbonyl (C=O) groups is 3. The number of benzene rings is 2. The lowest BCUT2D eigenvalue weighted by Gasteiger charge is -2.35. The Morgan fingerprint density at radius 3 is 2.74 bits per heavy atom. The van der Waals surface area contributed by atoms with E-state index >= 15 is 0 Å². The number of piperazine rings is 1. The van der Waals surface area contributed by atoms with Crippen LogP contribution in [0.3, 0.4) is 0 Å². The normalized spacial score (nSPS) is 16.4. The summed E-state index contributed by atoms with van der Waals surface area (Å²) in [6, 6.07) is 13.2. The Morgan fingerprint density at radius 1 is 1.22 bits per heavy atom. The Balaban J connectivity index is 1.93. The van der Waals surface area contributed by atoms with Crippen LogP contribution in [0.5, 0.6) is 0 Å². The molecule has 0 aromatic heterocycles. The molecule has 1 aliphatic heterocycles. The fraction of sp³-hybridized carbons (Fsp3) is 0.150. The van der Waals surface area contributed by atoms with Gasteiger partial charge in [0.1, 0.15) is 6.04 Å². The largest absolute Gasteiger partial charge is 0.352 e. The van der Waals surface area contributed by atoms with Gasteiger partial charge in [-0.25, -0.2) is 0 Å². The molecule has 27 heavy (non-hydrogen) atoms. The van der Waals surface area contributed by atoms with Crippen LogP contribution in [0.25, 0.3) is 0 Å². The number of hydrogen-bond acceptors (Lipinski definition) is 3. The van der Waals surface area contributed by atoms with Gasteiger partial charge in [-0.2, -0.15) is 0 Å². The van der Waals surface area contributed by atoms with Crippen LogP contribution < -0.4 is 10.6 Å². The average molecular weight is 428 g/mol. The summed E-state index contributed by atoms with van der Waals surface area (Å²) in [7, 11) is 0. The maximum Gasteiger partial charge on any atom is 0.254 e. The third-order valence-electron chi connectivity index (χ3n) is 4.24. The zero-order chi connectivity index (χ0) is 19.4. The Labute approximate surface area is 165 Å². The van der Waals surface area contributed by atoms with Crippen LogP contribution in [0.2, 0.25) is 0 Å². The summed E-state index contributed by atoms with van der Waals surface area (Å²) in [5.41, 5.74) is 1.60. The highest BCUT2D eigenvalue weighted by Crippen LogP contribution is 2.30. The fourth-order valence-electron chi connectivity index (χ4n) is 2.98. The van der Waals surface area contributed by atoms with E-state index in [9.17, 15) is 14.4 Å². The summed E-state index contributed by atoms with van der Waals surface area (Å²) in [6.45, 7) is 4.19. The molecule has 6 nitrogen and oxygen atoms in total. The number of rotatable bonds is 4. The summed E-state index contributed by atoms with van der Waals surface area (Å²) in [6.07, 6.45) is 1.16. The second kappa shape index (κ2) is 8.18. The van der Waals surface area contributed by atoms with E-state index in [-0.39, 0.29) is 17.7 Å². The van der Waals surface area contributed by atoms with E-state index in [1.54, 1.807) is 29.2 Å². The monoisotopic (exact) mass is 427 g/mol. The number of hydrogen-bond donors (Lipinski definition) is 2. The Morgan fingerprint density at radius 2 is 2.00 bits per heavy atom. The maximum absolute atomic E-state index is 13.1. The molecule has 3 rings (SSSR count). The third-order valence-corrected chi connectivity index (χ3v) is 4.96.